The van der Waals surface area contributed by atoms with E-state index in [2.05, 4.69) is 0 Å². The summed E-state index contributed by atoms with van der Waals surface area (Å²) in [5.41, 5.74) is 1.76. The lowest BCUT2D eigenvalue weighted by Crippen LogP contribution is -1.90. The Labute approximate surface area is 62.1 Å². The summed E-state index contributed by atoms with van der Waals surface area (Å²) in [5, 5.41) is 0. The van der Waals surface area contributed by atoms with Crippen molar-refractivity contribution in [3.8, 4) is 0 Å². The number of carbonyl (C=O) groups is 1. The summed E-state index contributed by atoms with van der Waals surface area (Å²) in [7, 11) is 0. The maximum Gasteiger partial charge on any atom is 0.159 e. The van der Waals surface area contributed by atoms with Crippen LogP contribution in [0.5, 0.6) is 0 Å². The Bertz CT molecular complexity index is 251. The normalized spacial score (nSPS) is 10.7. The van der Waals surface area contributed by atoms with E-state index in [0.717, 1.165) is 5.56 Å². The van der Waals surface area contributed by atoms with Crippen LogP contribution >= 0.6 is 0 Å². The molecule has 0 aliphatic carbocycles. The largest absolute Gasteiger partial charge is 0.295 e. The molecule has 0 heterocycles. The summed E-state index contributed by atoms with van der Waals surface area (Å²) in [4.78, 5) is 10.9. The van der Waals surface area contributed by atoms with Gasteiger partial charge in [-0.3, -0.25) is 4.79 Å². The third kappa shape index (κ3) is 1.44. The fourth-order valence-electron chi connectivity index (χ4n) is 0.739. The molecule has 0 fully saturated rings. The lowest BCUT2D eigenvalue weighted by Gasteiger charge is -1.93. The molecular formula is C9H10O. The molecule has 0 saturated carbocycles. The number of rotatable bonds is 1. The van der Waals surface area contributed by atoms with Crippen LogP contribution in [0.3, 0.4) is 0 Å². The maximum atomic E-state index is 10.9. The fourth-order valence-corrected chi connectivity index (χ4v) is 0.739. The molecule has 0 aliphatic heterocycles. The van der Waals surface area contributed by atoms with Crippen LogP contribution in [0.1, 0.15) is 24.2 Å². The second kappa shape index (κ2) is 2.65. The first-order valence-corrected chi connectivity index (χ1v) is 3.13. The summed E-state index contributed by atoms with van der Waals surface area (Å²) >= 11 is 0. The van der Waals surface area contributed by atoms with E-state index in [4.69, 9.17) is 1.37 Å². The lowest BCUT2D eigenvalue weighted by molar-refractivity contribution is 0.101. The lowest BCUT2D eigenvalue weighted by atomic mass is 10.1. The number of aryl methyl sites for hydroxylation is 1. The average molecular weight is 135 g/mol. The number of Topliss-reactive ketones (excluding diaryl/α,β-unsaturated/α-hetero) is 1. The van der Waals surface area contributed by atoms with Crippen molar-refractivity contribution in [2.24, 2.45) is 0 Å². The molecule has 0 radical (unpaired) electrons. The van der Waals surface area contributed by atoms with Gasteiger partial charge in [0.15, 0.2) is 5.78 Å². The molecule has 0 bridgehead atoms. The molecule has 0 atom stereocenters. The third-order valence-corrected chi connectivity index (χ3v) is 1.37. The summed E-state index contributed by atoms with van der Waals surface area (Å²) in [6.07, 6.45) is 0. The quantitative estimate of drug-likeness (QED) is 0.539. The van der Waals surface area contributed by atoms with E-state index in [9.17, 15) is 4.79 Å². The summed E-state index contributed by atoms with van der Waals surface area (Å²) < 4.78 is 6.85. The average Bonchev–Trinajstić information content (AvgIpc) is 2.05. The smallest absolute Gasteiger partial charge is 0.159 e. The van der Waals surface area contributed by atoms with Gasteiger partial charge in [0.1, 0.15) is 0 Å². The van der Waals surface area contributed by atoms with Gasteiger partial charge in [-0.05, 0) is 13.8 Å². The highest BCUT2D eigenvalue weighted by Gasteiger charge is 1.95. The van der Waals surface area contributed by atoms with E-state index >= 15 is 0 Å². The highest BCUT2D eigenvalue weighted by Crippen LogP contribution is 2.02. The van der Waals surface area contributed by atoms with Crippen molar-refractivity contribution in [3.63, 3.8) is 0 Å². The summed E-state index contributed by atoms with van der Waals surface area (Å²) in [6, 6.07) is 7.27. The number of hydrogen-bond donors (Lipinski definition) is 0. The van der Waals surface area contributed by atoms with Crippen molar-refractivity contribution in [3.05, 3.63) is 35.4 Å². The minimum Gasteiger partial charge on any atom is -0.295 e. The minimum absolute atomic E-state index is 0.120. The van der Waals surface area contributed by atoms with Crippen molar-refractivity contribution >= 4 is 5.78 Å². The number of hydrogen-bond acceptors (Lipinski definition) is 1. The van der Waals surface area contributed by atoms with E-state index in [1.54, 1.807) is 12.1 Å². The fraction of sp³-hybridized carbons (Fsp3) is 0.222. The molecule has 0 spiro atoms. The predicted molar refractivity (Wildman–Crippen MR) is 41.2 cm³/mol. The zero-order valence-corrected chi connectivity index (χ0v) is 5.92. The van der Waals surface area contributed by atoms with Crippen LogP contribution in [-0.4, -0.2) is 5.78 Å². The Morgan fingerprint density at radius 2 is 2.00 bits per heavy atom. The molecule has 10 heavy (non-hydrogen) atoms. The maximum absolute atomic E-state index is 10.9. The zero-order chi connectivity index (χ0) is 8.27. The first kappa shape index (κ1) is 5.66. The van der Waals surface area contributed by atoms with Crippen molar-refractivity contribution in [2.45, 2.75) is 13.8 Å². The number of benzene rings is 1. The highest BCUT2D eigenvalue weighted by atomic mass is 16.1. The van der Waals surface area contributed by atoms with Crippen molar-refractivity contribution < 1.29 is 6.17 Å². The van der Waals surface area contributed by atoms with E-state index in [1.165, 1.54) is 0 Å². The van der Waals surface area contributed by atoms with E-state index in [-0.39, 0.29) is 12.7 Å². The molecule has 1 rings (SSSR count). The van der Waals surface area contributed by atoms with E-state index < -0.39 is 0 Å². The van der Waals surface area contributed by atoms with Gasteiger partial charge in [0, 0.05) is 6.93 Å². The molecule has 52 valence electrons. The van der Waals surface area contributed by atoms with Crippen LogP contribution < -0.4 is 0 Å². The van der Waals surface area contributed by atoms with Gasteiger partial charge < -0.3 is 0 Å². The molecule has 0 aromatic heterocycles. The Balaban J connectivity index is 2.90. The Hall–Kier alpha value is -1.11. The van der Waals surface area contributed by atoms with Gasteiger partial charge in [-0.2, -0.15) is 0 Å². The number of carbonyl (C=O) groups excluding carboxylic acids is 1. The first-order chi connectivity index (χ1) is 5.24. The topological polar surface area (TPSA) is 17.1 Å². The van der Waals surface area contributed by atoms with Gasteiger partial charge in [-0.15, -0.1) is 0 Å². The second-order valence-corrected chi connectivity index (χ2v) is 2.29. The van der Waals surface area contributed by atoms with Crippen LogP contribution in [0.2, 0.25) is 0 Å². The standard InChI is InChI=1S/C9H10O/c1-7-3-5-9(6-4-7)8(2)10/h3-6H,1-2H3/i2D. The molecule has 1 aromatic carbocycles. The van der Waals surface area contributed by atoms with Gasteiger partial charge in [0.25, 0.3) is 0 Å². The van der Waals surface area contributed by atoms with Crippen LogP contribution in [0.4, 0.5) is 0 Å². The zero-order valence-electron chi connectivity index (χ0n) is 6.92. The molecule has 0 N–H and O–H groups in total. The van der Waals surface area contributed by atoms with E-state index in [1.807, 2.05) is 19.1 Å². The Morgan fingerprint density at radius 1 is 1.40 bits per heavy atom. The van der Waals surface area contributed by atoms with Gasteiger partial charge >= 0.3 is 0 Å². The third-order valence-electron chi connectivity index (χ3n) is 1.37. The van der Waals surface area contributed by atoms with Crippen molar-refractivity contribution in [2.75, 3.05) is 0 Å². The van der Waals surface area contributed by atoms with Crippen molar-refractivity contribution in [1.82, 2.24) is 0 Å². The monoisotopic (exact) mass is 135 g/mol. The molecule has 1 nitrogen and oxygen atoms in total. The molecule has 0 aliphatic rings. The molecule has 0 amide bonds. The molecule has 1 heteroatoms. The number of ketones is 1. The highest BCUT2D eigenvalue weighted by molar-refractivity contribution is 5.93. The molecular weight excluding hydrogens is 124 g/mol. The van der Waals surface area contributed by atoms with E-state index in [0.29, 0.717) is 5.56 Å². The summed E-state index contributed by atoms with van der Waals surface area (Å²) in [6.45, 7) is 1.80. The molecule has 0 saturated heterocycles. The second-order valence-electron chi connectivity index (χ2n) is 2.29. The van der Waals surface area contributed by atoms with Crippen LogP contribution in [0.15, 0.2) is 24.3 Å². The molecule has 0 unspecified atom stereocenters. The first-order valence-electron chi connectivity index (χ1n) is 3.84. The predicted octanol–water partition coefficient (Wildman–Crippen LogP) is 2.20. The van der Waals surface area contributed by atoms with Crippen molar-refractivity contribution in [1.29, 1.82) is 0 Å². The Kier molecular flexibility index (Phi) is 1.50. The minimum atomic E-state index is -0.164. The Morgan fingerprint density at radius 3 is 2.50 bits per heavy atom. The molecule has 1 aromatic rings. The SMILES string of the molecule is [2H]CC(=O)c1ccc(C)cc1. The summed E-state index contributed by atoms with van der Waals surface area (Å²) in [5.74, 6) is -0.120. The van der Waals surface area contributed by atoms with Gasteiger partial charge in [0.05, 0.1) is 0 Å². The van der Waals surface area contributed by atoms with Crippen LogP contribution in [0.25, 0.3) is 0 Å². The van der Waals surface area contributed by atoms with Crippen LogP contribution in [-0.2, 0) is 0 Å². The van der Waals surface area contributed by atoms with Gasteiger partial charge in [0.2, 0.25) is 0 Å². The van der Waals surface area contributed by atoms with Gasteiger partial charge in [-0.25, -0.2) is 0 Å². The van der Waals surface area contributed by atoms with Gasteiger partial charge in [-0.1, -0.05) is 29.8 Å². The van der Waals surface area contributed by atoms with Crippen LogP contribution in [0, 0.1) is 6.92 Å².